The minimum atomic E-state index is -0.951. The lowest BCUT2D eigenvalue weighted by Gasteiger charge is -2.21. The normalized spacial score (nSPS) is 17.9. The Bertz CT molecular complexity index is 369. The number of fused-ring (bicyclic) bond motifs is 1. The Morgan fingerprint density at radius 2 is 1.88 bits per heavy atom. The van der Waals surface area contributed by atoms with Gasteiger partial charge in [-0.05, 0) is 17.7 Å². The lowest BCUT2D eigenvalue weighted by atomic mass is 10.0. The number of benzene rings is 1. The van der Waals surface area contributed by atoms with Crippen LogP contribution in [-0.4, -0.2) is 35.3 Å². The first kappa shape index (κ1) is 11.6. The molecule has 2 atom stereocenters. The molecule has 2 unspecified atom stereocenters. The third kappa shape index (κ3) is 2.26. The highest BCUT2D eigenvalue weighted by Crippen LogP contribution is 2.33. The molecule has 1 aromatic rings. The van der Waals surface area contributed by atoms with Gasteiger partial charge in [0.05, 0.1) is 6.10 Å². The number of hydrogen-bond acceptors (Lipinski definition) is 5. The van der Waals surface area contributed by atoms with Crippen LogP contribution in [0, 0.1) is 0 Å². The van der Waals surface area contributed by atoms with Crippen molar-refractivity contribution in [2.24, 2.45) is 0 Å². The van der Waals surface area contributed by atoms with Gasteiger partial charge in [-0.1, -0.05) is 6.07 Å². The van der Waals surface area contributed by atoms with Crippen molar-refractivity contribution in [3.8, 4) is 11.5 Å². The third-order valence-electron chi connectivity index (χ3n) is 2.46. The molecular formula is C11H14O4S. The van der Waals surface area contributed by atoms with E-state index in [9.17, 15) is 10.2 Å². The number of ether oxygens (including phenoxy) is 2. The number of aliphatic hydroxyl groups is 2. The molecule has 16 heavy (non-hydrogen) atoms. The third-order valence-corrected chi connectivity index (χ3v) is 2.83. The predicted molar refractivity (Wildman–Crippen MR) is 62.3 cm³/mol. The van der Waals surface area contributed by atoms with Crippen LogP contribution in [0.25, 0.3) is 0 Å². The van der Waals surface area contributed by atoms with Gasteiger partial charge in [0.15, 0.2) is 11.5 Å². The summed E-state index contributed by atoms with van der Waals surface area (Å²) < 4.78 is 10.8. The lowest BCUT2D eigenvalue weighted by molar-refractivity contribution is 0.0334. The Balaban J connectivity index is 2.22. The smallest absolute Gasteiger partial charge is 0.161 e. The summed E-state index contributed by atoms with van der Waals surface area (Å²) in [5.74, 6) is 1.48. The molecule has 0 saturated carbocycles. The summed E-state index contributed by atoms with van der Waals surface area (Å²) in [5, 5.41) is 19.3. The quantitative estimate of drug-likeness (QED) is 0.686. The van der Waals surface area contributed by atoms with Crippen molar-refractivity contribution < 1.29 is 19.7 Å². The Hall–Kier alpha value is -0.910. The molecule has 0 aliphatic carbocycles. The Labute approximate surface area is 99.2 Å². The fraction of sp³-hybridized carbons (Fsp3) is 0.455. The van der Waals surface area contributed by atoms with Crippen molar-refractivity contribution in [3.05, 3.63) is 23.8 Å². The summed E-state index contributed by atoms with van der Waals surface area (Å²) in [6.45, 7) is 1.04. The zero-order valence-electron chi connectivity index (χ0n) is 8.67. The van der Waals surface area contributed by atoms with E-state index < -0.39 is 12.2 Å². The first-order valence-corrected chi connectivity index (χ1v) is 5.72. The van der Waals surface area contributed by atoms with Crippen molar-refractivity contribution in [1.29, 1.82) is 0 Å². The summed E-state index contributed by atoms with van der Waals surface area (Å²) in [7, 11) is 0. The van der Waals surface area contributed by atoms with Gasteiger partial charge in [0.2, 0.25) is 0 Å². The zero-order valence-corrected chi connectivity index (χ0v) is 9.56. The summed E-state index contributed by atoms with van der Waals surface area (Å²) in [5.41, 5.74) is 0.603. The number of thiol groups is 1. The predicted octanol–water partition coefficient (Wildman–Crippen LogP) is 0.782. The largest absolute Gasteiger partial charge is 0.486 e. The molecule has 1 aliphatic rings. The molecule has 1 aliphatic heterocycles. The Morgan fingerprint density at radius 1 is 1.19 bits per heavy atom. The molecule has 0 aromatic heterocycles. The van der Waals surface area contributed by atoms with Gasteiger partial charge in [0.1, 0.15) is 19.3 Å². The molecule has 0 saturated heterocycles. The average Bonchev–Trinajstić information content (AvgIpc) is 2.36. The van der Waals surface area contributed by atoms with Crippen molar-refractivity contribution in [3.63, 3.8) is 0 Å². The van der Waals surface area contributed by atoms with Gasteiger partial charge in [-0.3, -0.25) is 0 Å². The highest BCUT2D eigenvalue weighted by molar-refractivity contribution is 7.80. The van der Waals surface area contributed by atoms with E-state index >= 15 is 0 Å². The molecule has 88 valence electrons. The van der Waals surface area contributed by atoms with Crippen LogP contribution in [0.15, 0.2) is 18.2 Å². The minimum Gasteiger partial charge on any atom is -0.486 e. The van der Waals surface area contributed by atoms with Crippen LogP contribution in [0.5, 0.6) is 11.5 Å². The van der Waals surface area contributed by atoms with Gasteiger partial charge in [0.25, 0.3) is 0 Å². The van der Waals surface area contributed by atoms with Crippen LogP contribution in [0.3, 0.4) is 0 Å². The van der Waals surface area contributed by atoms with Gasteiger partial charge < -0.3 is 19.7 Å². The van der Waals surface area contributed by atoms with Crippen LogP contribution in [0.4, 0.5) is 0 Å². The van der Waals surface area contributed by atoms with Crippen molar-refractivity contribution in [2.45, 2.75) is 12.2 Å². The molecule has 4 nitrogen and oxygen atoms in total. The molecule has 0 fully saturated rings. The molecular weight excluding hydrogens is 228 g/mol. The van der Waals surface area contributed by atoms with Gasteiger partial charge in [-0.15, -0.1) is 0 Å². The van der Waals surface area contributed by atoms with Crippen molar-refractivity contribution >= 4 is 12.6 Å². The SMILES string of the molecule is OC(CS)C(O)c1ccc2c(c1)OCCO2. The summed E-state index contributed by atoms with van der Waals surface area (Å²) in [6, 6.07) is 5.13. The zero-order chi connectivity index (χ0) is 11.5. The van der Waals surface area contributed by atoms with E-state index in [0.29, 0.717) is 30.3 Å². The van der Waals surface area contributed by atoms with E-state index in [4.69, 9.17) is 9.47 Å². The second-order valence-corrected chi connectivity index (χ2v) is 3.96. The van der Waals surface area contributed by atoms with E-state index in [1.54, 1.807) is 18.2 Å². The van der Waals surface area contributed by atoms with E-state index in [1.165, 1.54) is 0 Å². The standard InChI is InChI=1S/C11H14O4S/c12-8(6-16)11(13)7-1-2-9-10(5-7)15-4-3-14-9/h1-2,5,8,11-13,16H,3-4,6H2. The molecule has 0 bridgehead atoms. The Kier molecular flexibility index (Phi) is 3.58. The van der Waals surface area contributed by atoms with Gasteiger partial charge in [0, 0.05) is 5.75 Å². The fourth-order valence-electron chi connectivity index (χ4n) is 1.57. The minimum absolute atomic E-state index is 0.204. The maximum Gasteiger partial charge on any atom is 0.161 e. The van der Waals surface area contributed by atoms with E-state index in [0.717, 1.165) is 0 Å². The van der Waals surface area contributed by atoms with Crippen LogP contribution in [0.2, 0.25) is 0 Å². The molecule has 5 heteroatoms. The van der Waals surface area contributed by atoms with Crippen LogP contribution in [-0.2, 0) is 0 Å². The van der Waals surface area contributed by atoms with E-state index in [-0.39, 0.29) is 5.75 Å². The second kappa shape index (κ2) is 4.95. The summed E-state index contributed by atoms with van der Waals surface area (Å²) >= 11 is 3.94. The molecule has 1 aromatic carbocycles. The molecule has 0 radical (unpaired) electrons. The molecule has 2 N–H and O–H groups in total. The Morgan fingerprint density at radius 3 is 2.56 bits per heavy atom. The lowest BCUT2D eigenvalue weighted by Crippen LogP contribution is -2.20. The van der Waals surface area contributed by atoms with Gasteiger partial charge in [-0.2, -0.15) is 12.6 Å². The monoisotopic (exact) mass is 242 g/mol. The number of rotatable bonds is 3. The molecule has 0 spiro atoms. The molecule has 0 amide bonds. The second-order valence-electron chi connectivity index (χ2n) is 3.60. The highest BCUT2D eigenvalue weighted by Gasteiger charge is 2.20. The number of aliphatic hydroxyl groups excluding tert-OH is 2. The van der Waals surface area contributed by atoms with Crippen LogP contribution in [0.1, 0.15) is 11.7 Å². The summed E-state index contributed by atoms with van der Waals surface area (Å²) in [6.07, 6.45) is -1.83. The average molecular weight is 242 g/mol. The van der Waals surface area contributed by atoms with Crippen molar-refractivity contribution in [2.75, 3.05) is 19.0 Å². The summed E-state index contributed by atoms with van der Waals surface area (Å²) in [4.78, 5) is 0. The first-order chi connectivity index (χ1) is 7.72. The number of hydrogen-bond donors (Lipinski definition) is 3. The van der Waals surface area contributed by atoms with Crippen LogP contribution < -0.4 is 9.47 Å². The fourth-order valence-corrected chi connectivity index (χ4v) is 1.77. The maximum atomic E-state index is 9.80. The maximum absolute atomic E-state index is 9.80. The van der Waals surface area contributed by atoms with Crippen molar-refractivity contribution in [1.82, 2.24) is 0 Å². The van der Waals surface area contributed by atoms with Gasteiger partial charge >= 0.3 is 0 Å². The van der Waals surface area contributed by atoms with E-state index in [1.807, 2.05) is 0 Å². The van der Waals surface area contributed by atoms with Gasteiger partial charge in [-0.25, -0.2) is 0 Å². The first-order valence-electron chi connectivity index (χ1n) is 5.09. The van der Waals surface area contributed by atoms with E-state index in [2.05, 4.69) is 12.6 Å². The molecule has 2 rings (SSSR count). The van der Waals surface area contributed by atoms with Crippen LogP contribution >= 0.6 is 12.6 Å². The molecule has 1 heterocycles. The highest BCUT2D eigenvalue weighted by atomic mass is 32.1. The topological polar surface area (TPSA) is 58.9 Å².